The summed E-state index contributed by atoms with van der Waals surface area (Å²) in [6, 6.07) is 11.4. The molecule has 2 N–H and O–H groups in total. The summed E-state index contributed by atoms with van der Waals surface area (Å²) in [7, 11) is -1.68. The Hall–Kier alpha value is -1.01. The van der Waals surface area contributed by atoms with Gasteiger partial charge in [-0.1, -0.05) is 29.8 Å². The van der Waals surface area contributed by atoms with E-state index in [2.05, 4.69) is 0 Å². The van der Waals surface area contributed by atoms with Crippen LogP contribution in [0.1, 0.15) is 5.56 Å². The molecular formula is C13H11BClFO2S. The summed E-state index contributed by atoms with van der Waals surface area (Å²) in [5, 5.41) is 19.1. The molecule has 0 aliphatic rings. The molecule has 0 saturated heterocycles. The molecule has 0 bridgehead atoms. The molecule has 0 aromatic heterocycles. The number of hydrogen-bond donors (Lipinski definition) is 2. The molecule has 0 radical (unpaired) electrons. The molecule has 0 saturated carbocycles. The number of hydrogen-bond acceptors (Lipinski definition) is 3. The average Bonchev–Trinajstić information content (AvgIpc) is 2.38. The smallest absolute Gasteiger partial charge is 0.423 e. The second-order valence-electron chi connectivity index (χ2n) is 3.94. The highest BCUT2D eigenvalue weighted by molar-refractivity contribution is 7.98. The van der Waals surface area contributed by atoms with Crippen molar-refractivity contribution < 1.29 is 14.4 Å². The summed E-state index contributed by atoms with van der Waals surface area (Å²) < 4.78 is 13.1. The van der Waals surface area contributed by atoms with E-state index in [9.17, 15) is 14.4 Å². The van der Waals surface area contributed by atoms with Gasteiger partial charge in [-0.25, -0.2) is 4.39 Å². The number of thioether (sulfide) groups is 1. The molecule has 6 heteroatoms. The van der Waals surface area contributed by atoms with Crippen LogP contribution in [0.2, 0.25) is 5.02 Å². The van der Waals surface area contributed by atoms with E-state index in [1.54, 1.807) is 12.1 Å². The fraction of sp³-hybridized carbons (Fsp3) is 0.0769. The van der Waals surface area contributed by atoms with Crippen LogP contribution >= 0.6 is 23.4 Å². The van der Waals surface area contributed by atoms with Crippen LogP contribution in [0.3, 0.4) is 0 Å². The second kappa shape index (κ2) is 6.43. The van der Waals surface area contributed by atoms with Crippen LogP contribution in [-0.4, -0.2) is 17.2 Å². The van der Waals surface area contributed by atoms with Crippen molar-refractivity contribution in [2.24, 2.45) is 0 Å². The second-order valence-corrected chi connectivity index (χ2v) is 5.36. The van der Waals surface area contributed by atoms with Crippen molar-refractivity contribution in [3.63, 3.8) is 0 Å². The van der Waals surface area contributed by atoms with Crippen molar-refractivity contribution in [1.29, 1.82) is 0 Å². The molecule has 0 heterocycles. The van der Waals surface area contributed by atoms with E-state index in [4.69, 9.17) is 11.6 Å². The van der Waals surface area contributed by atoms with Crippen LogP contribution in [0.4, 0.5) is 4.39 Å². The molecule has 0 fully saturated rings. The van der Waals surface area contributed by atoms with Crippen molar-refractivity contribution in [3.05, 3.63) is 58.9 Å². The molecule has 98 valence electrons. The van der Waals surface area contributed by atoms with E-state index in [1.807, 2.05) is 18.2 Å². The zero-order valence-corrected chi connectivity index (χ0v) is 11.5. The first-order valence-electron chi connectivity index (χ1n) is 5.59. The third kappa shape index (κ3) is 3.73. The van der Waals surface area contributed by atoms with Gasteiger partial charge in [-0.3, -0.25) is 0 Å². The summed E-state index contributed by atoms with van der Waals surface area (Å²) in [4.78, 5) is 0.895. The molecule has 0 spiro atoms. The van der Waals surface area contributed by atoms with Gasteiger partial charge in [0.05, 0.1) is 5.02 Å². The molecule has 0 unspecified atom stereocenters. The van der Waals surface area contributed by atoms with Crippen LogP contribution < -0.4 is 5.46 Å². The minimum atomic E-state index is -1.68. The highest BCUT2D eigenvalue weighted by Crippen LogP contribution is 2.29. The van der Waals surface area contributed by atoms with Crippen molar-refractivity contribution in [2.45, 2.75) is 10.6 Å². The molecule has 0 aliphatic carbocycles. The van der Waals surface area contributed by atoms with Gasteiger partial charge in [0.15, 0.2) is 0 Å². The Morgan fingerprint density at radius 1 is 1.16 bits per heavy atom. The first kappa shape index (κ1) is 14.4. The van der Waals surface area contributed by atoms with Gasteiger partial charge >= 0.3 is 7.12 Å². The maximum Gasteiger partial charge on any atom is 0.488 e. The topological polar surface area (TPSA) is 40.5 Å². The zero-order chi connectivity index (χ0) is 13.8. The van der Waals surface area contributed by atoms with E-state index >= 15 is 0 Å². The summed E-state index contributed by atoms with van der Waals surface area (Å²) >= 11 is 7.50. The lowest BCUT2D eigenvalue weighted by Gasteiger charge is -2.09. The Labute approximate surface area is 120 Å². The van der Waals surface area contributed by atoms with Crippen molar-refractivity contribution in [2.75, 3.05) is 0 Å². The summed E-state index contributed by atoms with van der Waals surface area (Å²) in [6.45, 7) is 0. The van der Waals surface area contributed by atoms with E-state index in [0.717, 1.165) is 11.0 Å². The van der Waals surface area contributed by atoms with E-state index < -0.39 is 12.9 Å². The standard InChI is InChI=1S/C13H11BClFO2S/c15-12-3-1-2-4-13(12)19-8-9-5-6-10(16)7-11(9)14(17)18/h1-7,17-18H,8H2. The van der Waals surface area contributed by atoms with E-state index in [0.29, 0.717) is 16.3 Å². The molecule has 2 aromatic rings. The predicted octanol–water partition coefficient (Wildman–Crippen LogP) is 2.45. The molecule has 2 aromatic carbocycles. The zero-order valence-electron chi connectivity index (χ0n) is 9.88. The number of halogens is 2. The molecule has 2 nitrogen and oxygen atoms in total. The fourth-order valence-electron chi connectivity index (χ4n) is 1.65. The Morgan fingerprint density at radius 3 is 2.58 bits per heavy atom. The minimum absolute atomic E-state index is 0.180. The first-order chi connectivity index (χ1) is 9.08. The largest absolute Gasteiger partial charge is 0.488 e. The van der Waals surface area contributed by atoms with Gasteiger partial charge < -0.3 is 10.0 Å². The third-order valence-corrected chi connectivity index (χ3v) is 4.17. The molecular weight excluding hydrogens is 285 g/mol. The Morgan fingerprint density at radius 2 is 1.89 bits per heavy atom. The highest BCUT2D eigenvalue weighted by Gasteiger charge is 2.17. The predicted molar refractivity (Wildman–Crippen MR) is 77.2 cm³/mol. The van der Waals surface area contributed by atoms with Crippen LogP contribution in [0.5, 0.6) is 0 Å². The quantitative estimate of drug-likeness (QED) is 0.672. The van der Waals surface area contributed by atoms with Crippen LogP contribution in [0, 0.1) is 5.82 Å². The lowest BCUT2D eigenvalue weighted by Crippen LogP contribution is -2.33. The van der Waals surface area contributed by atoms with Gasteiger partial charge in [-0.2, -0.15) is 0 Å². The molecule has 19 heavy (non-hydrogen) atoms. The maximum absolute atomic E-state index is 13.1. The SMILES string of the molecule is OB(O)c1cc(F)ccc1CSc1ccccc1Cl. The lowest BCUT2D eigenvalue weighted by molar-refractivity contribution is 0.425. The van der Waals surface area contributed by atoms with Gasteiger partial charge in [-0.15, -0.1) is 11.8 Å². The van der Waals surface area contributed by atoms with E-state index in [-0.39, 0.29) is 5.46 Å². The van der Waals surface area contributed by atoms with Crippen molar-refractivity contribution in [1.82, 2.24) is 0 Å². The van der Waals surface area contributed by atoms with Crippen LogP contribution in [0.25, 0.3) is 0 Å². The van der Waals surface area contributed by atoms with E-state index in [1.165, 1.54) is 17.8 Å². The number of benzene rings is 2. The molecule has 0 aliphatic heterocycles. The number of rotatable bonds is 4. The fourth-order valence-corrected chi connectivity index (χ4v) is 2.91. The monoisotopic (exact) mass is 296 g/mol. The maximum atomic E-state index is 13.1. The Bertz CT molecular complexity index is 580. The minimum Gasteiger partial charge on any atom is -0.423 e. The van der Waals surface area contributed by atoms with Crippen LogP contribution in [-0.2, 0) is 5.75 Å². The van der Waals surface area contributed by atoms with Gasteiger partial charge in [0.25, 0.3) is 0 Å². The van der Waals surface area contributed by atoms with Gasteiger partial charge in [0, 0.05) is 10.6 Å². The van der Waals surface area contributed by atoms with Gasteiger partial charge in [0.1, 0.15) is 5.82 Å². The van der Waals surface area contributed by atoms with Gasteiger partial charge in [-0.05, 0) is 35.3 Å². The summed E-state index contributed by atoms with van der Waals surface area (Å²) in [6.07, 6.45) is 0. The average molecular weight is 297 g/mol. The van der Waals surface area contributed by atoms with Crippen molar-refractivity contribution in [3.8, 4) is 0 Å². The summed E-state index contributed by atoms with van der Waals surface area (Å²) in [5.41, 5.74) is 0.848. The first-order valence-corrected chi connectivity index (χ1v) is 6.96. The molecule has 0 atom stereocenters. The normalized spacial score (nSPS) is 10.5. The summed E-state index contributed by atoms with van der Waals surface area (Å²) in [5.74, 6) is -0.00802. The van der Waals surface area contributed by atoms with Crippen LogP contribution in [0.15, 0.2) is 47.4 Å². The molecule has 2 rings (SSSR count). The molecule has 0 amide bonds. The van der Waals surface area contributed by atoms with Crippen molar-refractivity contribution >= 4 is 35.9 Å². The Balaban J connectivity index is 2.18. The lowest BCUT2D eigenvalue weighted by atomic mass is 9.77. The van der Waals surface area contributed by atoms with Gasteiger partial charge in [0.2, 0.25) is 0 Å². The third-order valence-electron chi connectivity index (χ3n) is 2.61. The Kier molecular flexibility index (Phi) is 4.88. The highest BCUT2D eigenvalue weighted by atomic mass is 35.5.